The van der Waals surface area contributed by atoms with Crippen molar-refractivity contribution < 1.29 is 14.3 Å². The van der Waals surface area contributed by atoms with Gasteiger partial charge in [0.15, 0.2) is 0 Å². The van der Waals surface area contributed by atoms with E-state index in [1.54, 1.807) is 23.5 Å². The number of ether oxygens (including phenoxy) is 1. The van der Waals surface area contributed by atoms with E-state index in [-0.39, 0.29) is 12.3 Å². The number of aromatic nitrogens is 1. The number of anilines is 1. The first-order valence-electron chi connectivity index (χ1n) is 7.66. The van der Waals surface area contributed by atoms with Gasteiger partial charge in [0.05, 0.1) is 45.4 Å². The Morgan fingerprint density at radius 2 is 2.12 bits per heavy atom. The molecule has 2 aromatic heterocycles. The molecule has 2 heterocycles. The summed E-state index contributed by atoms with van der Waals surface area (Å²) in [6, 6.07) is 8.54. The van der Waals surface area contributed by atoms with Gasteiger partial charge >= 0.3 is 5.97 Å². The van der Waals surface area contributed by atoms with Crippen molar-refractivity contribution in [2.75, 3.05) is 12.4 Å². The molecule has 0 aliphatic carbocycles. The summed E-state index contributed by atoms with van der Waals surface area (Å²) in [5.41, 5.74) is 1.53. The van der Waals surface area contributed by atoms with Crippen LogP contribution in [0.1, 0.15) is 20.2 Å². The number of nitrogens with zero attached hydrogens (tertiary/aromatic N) is 1. The van der Waals surface area contributed by atoms with Crippen LogP contribution in [0.5, 0.6) is 0 Å². The zero-order valence-corrected chi connectivity index (χ0v) is 16.4. The van der Waals surface area contributed by atoms with E-state index in [1.165, 1.54) is 24.5 Å². The third-order valence-corrected chi connectivity index (χ3v) is 5.72. The van der Waals surface area contributed by atoms with Crippen LogP contribution in [0.3, 0.4) is 0 Å². The number of hydrogen-bond acceptors (Lipinski definition) is 6. The lowest BCUT2D eigenvalue weighted by atomic mass is 10.2. The molecule has 1 amide bonds. The Balaban J connectivity index is 1.79. The van der Waals surface area contributed by atoms with Crippen LogP contribution < -0.4 is 5.32 Å². The molecule has 0 spiro atoms. The second-order valence-electron chi connectivity index (χ2n) is 5.39. The summed E-state index contributed by atoms with van der Waals surface area (Å²) in [5, 5.41) is 6.00. The van der Waals surface area contributed by atoms with Gasteiger partial charge in [-0.25, -0.2) is 9.78 Å². The van der Waals surface area contributed by atoms with Crippen LogP contribution in [-0.4, -0.2) is 24.0 Å². The predicted octanol–water partition coefficient (Wildman–Crippen LogP) is 4.80. The van der Waals surface area contributed by atoms with Crippen LogP contribution in [-0.2, 0) is 16.0 Å². The number of amides is 1. The van der Waals surface area contributed by atoms with Gasteiger partial charge in [0.1, 0.15) is 0 Å². The van der Waals surface area contributed by atoms with Gasteiger partial charge in [-0.2, -0.15) is 0 Å². The number of rotatable bonds is 5. The molecule has 26 heavy (non-hydrogen) atoms. The number of hydrogen-bond donors (Lipinski definition) is 1. The van der Waals surface area contributed by atoms with Gasteiger partial charge in [-0.1, -0.05) is 17.7 Å². The second kappa shape index (κ2) is 7.99. The Labute approximate surface area is 163 Å². The maximum Gasteiger partial charge on any atom is 0.337 e. The molecule has 3 rings (SSSR count). The number of aryl methyl sites for hydroxylation is 1. The summed E-state index contributed by atoms with van der Waals surface area (Å²) in [6.45, 7) is 1.92. The molecule has 0 saturated carbocycles. The molecule has 1 aromatic carbocycles. The minimum absolute atomic E-state index is 0.178. The average Bonchev–Trinajstić information content (AvgIpc) is 3.25. The van der Waals surface area contributed by atoms with Gasteiger partial charge in [-0.15, -0.1) is 22.7 Å². The summed E-state index contributed by atoms with van der Waals surface area (Å²) < 4.78 is 4.69. The van der Waals surface area contributed by atoms with Crippen molar-refractivity contribution in [3.63, 3.8) is 0 Å². The van der Waals surface area contributed by atoms with Crippen molar-refractivity contribution >= 4 is 51.8 Å². The molecule has 8 heteroatoms. The minimum Gasteiger partial charge on any atom is -0.465 e. The molecule has 0 aliphatic rings. The molecular weight excluding hydrogens is 392 g/mol. The van der Waals surface area contributed by atoms with Gasteiger partial charge in [-0.3, -0.25) is 4.79 Å². The van der Waals surface area contributed by atoms with E-state index in [2.05, 4.69) is 10.3 Å². The fourth-order valence-corrected chi connectivity index (χ4v) is 4.32. The first kappa shape index (κ1) is 18.6. The fraction of sp³-hybridized carbons (Fsp3) is 0.167. The highest BCUT2D eigenvalue weighted by atomic mass is 35.5. The molecule has 1 N–H and O–H groups in total. The van der Waals surface area contributed by atoms with E-state index >= 15 is 0 Å². The third kappa shape index (κ3) is 4.12. The van der Waals surface area contributed by atoms with E-state index in [0.29, 0.717) is 16.3 Å². The highest BCUT2D eigenvalue weighted by molar-refractivity contribution is 7.15. The Hall–Kier alpha value is -2.22. The van der Waals surface area contributed by atoms with Gasteiger partial charge in [-0.05, 0) is 36.6 Å². The topological polar surface area (TPSA) is 68.3 Å². The average molecular weight is 407 g/mol. The third-order valence-electron chi connectivity index (χ3n) is 3.54. The highest BCUT2D eigenvalue weighted by Gasteiger charge is 2.17. The normalized spacial score (nSPS) is 10.6. The smallest absolute Gasteiger partial charge is 0.337 e. The Morgan fingerprint density at radius 1 is 1.31 bits per heavy atom. The Morgan fingerprint density at radius 3 is 2.81 bits per heavy atom. The molecule has 0 saturated heterocycles. The van der Waals surface area contributed by atoms with Gasteiger partial charge < -0.3 is 10.1 Å². The molecule has 5 nitrogen and oxygen atoms in total. The molecule has 0 aliphatic heterocycles. The number of halogens is 1. The number of nitrogens with one attached hydrogen (secondary N) is 1. The maximum atomic E-state index is 12.5. The van der Waals surface area contributed by atoms with E-state index in [1.807, 2.05) is 24.4 Å². The Bertz CT molecular complexity index is 952. The van der Waals surface area contributed by atoms with E-state index < -0.39 is 5.97 Å². The quantitative estimate of drug-likeness (QED) is 0.618. The lowest BCUT2D eigenvalue weighted by Gasteiger charge is -2.09. The summed E-state index contributed by atoms with van der Waals surface area (Å²) in [4.78, 5) is 30.6. The second-order valence-corrected chi connectivity index (χ2v) is 8.04. The predicted molar refractivity (Wildman–Crippen MR) is 105 cm³/mol. The number of carbonyl (C=O) groups excluding carboxylic acids is 2. The van der Waals surface area contributed by atoms with Crippen LogP contribution >= 0.6 is 34.3 Å². The number of thiophene rings is 1. The molecule has 0 bridgehead atoms. The van der Waals surface area contributed by atoms with Gasteiger partial charge in [0, 0.05) is 4.88 Å². The summed E-state index contributed by atoms with van der Waals surface area (Å²) in [5.74, 6) is -0.717. The van der Waals surface area contributed by atoms with Crippen molar-refractivity contribution in [3.8, 4) is 10.6 Å². The molecule has 0 unspecified atom stereocenters. The van der Waals surface area contributed by atoms with Gasteiger partial charge in [0.2, 0.25) is 5.91 Å². The molecule has 134 valence electrons. The van der Waals surface area contributed by atoms with Crippen molar-refractivity contribution in [1.82, 2.24) is 4.98 Å². The molecule has 0 radical (unpaired) electrons. The van der Waals surface area contributed by atoms with Crippen LogP contribution in [0.25, 0.3) is 10.6 Å². The van der Waals surface area contributed by atoms with Crippen molar-refractivity contribution in [2.24, 2.45) is 0 Å². The fourth-order valence-electron chi connectivity index (χ4n) is 2.40. The maximum absolute atomic E-state index is 12.5. The van der Waals surface area contributed by atoms with Crippen molar-refractivity contribution in [2.45, 2.75) is 13.3 Å². The monoisotopic (exact) mass is 406 g/mol. The first-order chi connectivity index (χ1) is 12.5. The van der Waals surface area contributed by atoms with Crippen LogP contribution in [0.2, 0.25) is 5.02 Å². The molecular formula is C18H15ClN2O3S2. The van der Waals surface area contributed by atoms with E-state index in [4.69, 9.17) is 16.3 Å². The van der Waals surface area contributed by atoms with E-state index in [0.717, 1.165) is 20.5 Å². The molecule has 0 fully saturated rings. The molecule has 0 atom stereocenters. The van der Waals surface area contributed by atoms with Crippen molar-refractivity contribution in [1.29, 1.82) is 0 Å². The minimum atomic E-state index is -0.491. The first-order valence-corrected chi connectivity index (χ1v) is 9.73. The summed E-state index contributed by atoms with van der Waals surface area (Å²) in [6.07, 6.45) is 0.178. The lowest BCUT2D eigenvalue weighted by molar-refractivity contribution is -0.115. The number of benzene rings is 1. The zero-order valence-electron chi connectivity index (χ0n) is 14.0. The number of carbonyl (C=O) groups is 2. The van der Waals surface area contributed by atoms with Crippen LogP contribution in [0, 0.1) is 6.92 Å². The molecule has 3 aromatic rings. The van der Waals surface area contributed by atoms with Gasteiger partial charge in [0.25, 0.3) is 0 Å². The highest BCUT2D eigenvalue weighted by Crippen LogP contribution is 2.32. The standard InChI is InChI=1S/C18H15ClN2O3S2/c1-10-20-17(14-4-3-7-25-14)15(26-10)9-16(22)21-13-8-11(18(23)24-2)5-6-12(13)19/h3-8H,9H2,1-2H3,(H,21,22). The lowest BCUT2D eigenvalue weighted by Crippen LogP contribution is -2.15. The van der Waals surface area contributed by atoms with Crippen LogP contribution in [0.15, 0.2) is 35.7 Å². The van der Waals surface area contributed by atoms with E-state index in [9.17, 15) is 9.59 Å². The Kier molecular flexibility index (Phi) is 5.70. The summed E-state index contributed by atoms with van der Waals surface area (Å²) >= 11 is 9.21. The van der Waals surface area contributed by atoms with Crippen molar-refractivity contribution in [3.05, 3.63) is 56.2 Å². The summed E-state index contributed by atoms with van der Waals surface area (Å²) in [7, 11) is 1.30. The number of methoxy groups -OCH3 is 1. The number of esters is 1. The number of thiazole rings is 1. The SMILES string of the molecule is COC(=O)c1ccc(Cl)c(NC(=O)Cc2sc(C)nc2-c2cccs2)c1. The largest absolute Gasteiger partial charge is 0.465 e. The van der Waals surface area contributed by atoms with Crippen LogP contribution in [0.4, 0.5) is 5.69 Å². The zero-order chi connectivity index (χ0) is 18.7.